The minimum absolute atomic E-state index is 0.0262. The number of aryl methyl sites for hydroxylation is 1. The van der Waals surface area contributed by atoms with Gasteiger partial charge in [-0.2, -0.15) is 0 Å². The molecule has 1 amide bonds. The first-order valence-corrected chi connectivity index (χ1v) is 9.05. The zero-order valence-corrected chi connectivity index (χ0v) is 14.9. The third-order valence-electron chi connectivity index (χ3n) is 5.04. The maximum Gasteiger partial charge on any atom is 0.411 e. The highest BCUT2D eigenvalue weighted by Gasteiger charge is 2.39. The molecule has 2 aromatic rings. The second kappa shape index (κ2) is 7.34. The maximum absolute atomic E-state index is 12.7. The van der Waals surface area contributed by atoms with Gasteiger partial charge in [-0.25, -0.2) is 4.79 Å². The second-order valence-electron chi connectivity index (χ2n) is 6.97. The number of rotatable bonds is 3. The minimum atomic E-state index is -0.258. The molecule has 0 radical (unpaired) electrons. The summed E-state index contributed by atoms with van der Waals surface area (Å²) in [6.45, 7) is 3.46. The summed E-state index contributed by atoms with van der Waals surface area (Å²) < 4.78 is 11.3. The number of hydrogen-bond donors (Lipinski definition) is 0. The van der Waals surface area contributed by atoms with Crippen LogP contribution < -0.4 is 0 Å². The van der Waals surface area contributed by atoms with Gasteiger partial charge in [-0.05, 0) is 30.0 Å². The van der Waals surface area contributed by atoms with Crippen molar-refractivity contribution in [2.24, 2.45) is 0 Å². The number of fused-ring (bicyclic) bond motifs is 2. The lowest BCUT2D eigenvalue weighted by Crippen LogP contribution is -2.56. The molecule has 2 aliphatic rings. The van der Waals surface area contributed by atoms with Crippen LogP contribution in [0, 0.1) is 6.92 Å². The number of hydrogen-bond acceptors (Lipinski definition) is 3. The number of benzene rings is 2. The van der Waals surface area contributed by atoms with E-state index in [1.807, 2.05) is 35.2 Å². The van der Waals surface area contributed by atoms with Crippen molar-refractivity contribution in [1.82, 2.24) is 4.90 Å². The molecule has 4 heteroatoms. The molecule has 0 spiro atoms. The molecule has 0 saturated carbocycles. The smallest absolute Gasteiger partial charge is 0.411 e. The number of carbonyl (C=O) groups excluding carboxylic acids is 1. The van der Waals surface area contributed by atoms with Crippen molar-refractivity contribution in [3.8, 4) is 0 Å². The molecule has 2 unspecified atom stereocenters. The predicted molar refractivity (Wildman–Crippen MR) is 101 cm³/mol. The van der Waals surface area contributed by atoms with E-state index in [9.17, 15) is 4.79 Å². The summed E-state index contributed by atoms with van der Waals surface area (Å²) in [5.41, 5.74) is 4.76. The van der Waals surface area contributed by atoms with E-state index in [2.05, 4.69) is 37.3 Å². The van der Waals surface area contributed by atoms with Crippen molar-refractivity contribution in [3.05, 3.63) is 77.4 Å². The summed E-state index contributed by atoms with van der Waals surface area (Å²) in [6, 6.07) is 18.3. The summed E-state index contributed by atoms with van der Waals surface area (Å²) in [6.07, 6.45) is 2.69. The standard InChI is InChI=1S/C22H23NO3/c1-16-7-9-18(10-8-16)19-11-20-14-25-15-21(12-19)23(20)22(24)26-13-17-5-3-2-4-6-17/h2-11,20-21H,12-15H2,1H3. The molecular formula is C22H23NO3. The van der Waals surface area contributed by atoms with Crippen molar-refractivity contribution in [3.63, 3.8) is 0 Å². The first-order valence-electron chi connectivity index (χ1n) is 9.05. The summed E-state index contributed by atoms with van der Waals surface area (Å²) in [4.78, 5) is 14.5. The van der Waals surface area contributed by atoms with Crippen LogP contribution in [0.3, 0.4) is 0 Å². The Labute approximate surface area is 154 Å². The van der Waals surface area contributed by atoms with Crippen LogP contribution >= 0.6 is 0 Å². The highest BCUT2D eigenvalue weighted by atomic mass is 16.6. The van der Waals surface area contributed by atoms with Crippen LogP contribution in [0.4, 0.5) is 4.79 Å². The third kappa shape index (κ3) is 3.51. The SMILES string of the molecule is Cc1ccc(C2=CC3COCC(C2)N3C(=O)OCc2ccccc2)cc1. The monoisotopic (exact) mass is 349 g/mol. The van der Waals surface area contributed by atoms with Crippen LogP contribution in [-0.2, 0) is 16.1 Å². The molecule has 4 nitrogen and oxygen atoms in total. The number of morpholine rings is 1. The Morgan fingerprint density at radius 3 is 2.62 bits per heavy atom. The van der Waals surface area contributed by atoms with Crippen LogP contribution in [0.15, 0.2) is 60.7 Å². The number of nitrogens with zero attached hydrogens (tertiary/aromatic N) is 1. The molecule has 2 aromatic carbocycles. The first-order chi connectivity index (χ1) is 12.7. The molecule has 2 atom stereocenters. The molecule has 2 heterocycles. The van der Waals surface area contributed by atoms with Crippen LogP contribution in [0.2, 0.25) is 0 Å². The average molecular weight is 349 g/mol. The molecule has 0 N–H and O–H groups in total. The molecule has 0 aromatic heterocycles. The average Bonchev–Trinajstić information content (AvgIpc) is 2.66. The third-order valence-corrected chi connectivity index (χ3v) is 5.04. The Balaban J connectivity index is 1.49. The Bertz CT molecular complexity index is 798. The zero-order valence-electron chi connectivity index (χ0n) is 14.9. The van der Waals surface area contributed by atoms with Crippen molar-refractivity contribution < 1.29 is 14.3 Å². The summed E-state index contributed by atoms with van der Waals surface area (Å²) >= 11 is 0. The lowest BCUT2D eigenvalue weighted by Gasteiger charge is -2.43. The van der Waals surface area contributed by atoms with E-state index >= 15 is 0 Å². The van der Waals surface area contributed by atoms with E-state index in [1.54, 1.807) is 0 Å². The van der Waals surface area contributed by atoms with Crippen LogP contribution in [0.1, 0.15) is 23.1 Å². The molecule has 1 saturated heterocycles. The Hall–Kier alpha value is -2.59. The molecule has 4 rings (SSSR count). The molecule has 26 heavy (non-hydrogen) atoms. The minimum Gasteiger partial charge on any atom is -0.445 e. The van der Waals surface area contributed by atoms with Gasteiger partial charge in [0.25, 0.3) is 0 Å². The predicted octanol–water partition coefficient (Wildman–Crippen LogP) is 4.19. The van der Waals surface area contributed by atoms with E-state index < -0.39 is 0 Å². The van der Waals surface area contributed by atoms with Gasteiger partial charge in [0.05, 0.1) is 25.3 Å². The van der Waals surface area contributed by atoms with E-state index in [0.717, 1.165) is 12.0 Å². The zero-order chi connectivity index (χ0) is 17.9. The first kappa shape index (κ1) is 16.9. The number of carbonyl (C=O) groups is 1. The fourth-order valence-corrected chi connectivity index (χ4v) is 3.66. The van der Waals surface area contributed by atoms with Crippen LogP contribution in [0.5, 0.6) is 0 Å². The Morgan fingerprint density at radius 2 is 1.88 bits per heavy atom. The summed E-state index contributed by atoms with van der Waals surface area (Å²) in [5.74, 6) is 0. The topological polar surface area (TPSA) is 38.8 Å². The van der Waals surface area contributed by atoms with Gasteiger partial charge in [0.15, 0.2) is 0 Å². The number of ether oxygens (including phenoxy) is 2. The van der Waals surface area contributed by atoms with Gasteiger partial charge in [0.1, 0.15) is 6.61 Å². The Kier molecular flexibility index (Phi) is 4.76. The Morgan fingerprint density at radius 1 is 1.12 bits per heavy atom. The van der Waals surface area contributed by atoms with Crippen molar-refractivity contribution in [2.75, 3.05) is 13.2 Å². The van der Waals surface area contributed by atoms with Gasteiger partial charge in [-0.15, -0.1) is 0 Å². The quantitative estimate of drug-likeness (QED) is 0.834. The van der Waals surface area contributed by atoms with Crippen LogP contribution in [-0.4, -0.2) is 36.3 Å². The fourth-order valence-electron chi connectivity index (χ4n) is 3.66. The second-order valence-corrected chi connectivity index (χ2v) is 6.97. The van der Waals surface area contributed by atoms with Crippen molar-refractivity contribution >= 4 is 11.7 Å². The van der Waals surface area contributed by atoms with Gasteiger partial charge in [0, 0.05) is 0 Å². The van der Waals surface area contributed by atoms with Crippen molar-refractivity contribution in [1.29, 1.82) is 0 Å². The highest BCUT2D eigenvalue weighted by molar-refractivity contribution is 5.74. The lowest BCUT2D eigenvalue weighted by molar-refractivity contribution is -0.0342. The molecule has 2 aliphatic heterocycles. The van der Waals surface area contributed by atoms with E-state index in [-0.39, 0.29) is 18.2 Å². The van der Waals surface area contributed by atoms with E-state index in [4.69, 9.17) is 9.47 Å². The normalized spacial score (nSPS) is 21.9. The van der Waals surface area contributed by atoms with Crippen molar-refractivity contribution in [2.45, 2.75) is 32.0 Å². The maximum atomic E-state index is 12.7. The molecule has 134 valence electrons. The highest BCUT2D eigenvalue weighted by Crippen LogP contribution is 2.33. The van der Waals surface area contributed by atoms with E-state index in [1.165, 1.54) is 16.7 Å². The van der Waals surface area contributed by atoms with Gasteiger partial charge < -0.3 is 9.47 Å². The summed E-state index contributed by atoms with van der Waals surface area (Å²) in [5, 5.41) is 0. The van der Waals surface area contributed by atoms with Crippen LogP contribution in [0.25, 0.3) is 5.57 Å². The lowest BCUT2D eigenvalue weighted by atomic mass is 9.90. The molecule has 2 bridgehead atoms. The fraction of sp³-hybridized carbons (Fsp3) is 0.318. The van der Waals surface area contributed by atoms with Gasteiger partial charge in [-0.3, -0.25) is 4.90 Å². The largest absolute Gasteiger partial charge is 0.445 e. The van der Waals surface area contributed by atoms with Gasteiger partial charge in [0.2, 0.25) is 0 Å². The molecular weight excluding hydrogens is 326 g/mol. The number of amides is 1. The van der Waals surface area contributed by atoms with E-state index in [0.29, 0.717) is 19.8 Å². The summed E-state index contributed by atoms with van der Waals surface area (Å²) in [7, 11) is 0. The van der Waals surface area contributed by atoms with Gasteiger partial charge >= 0.3 is 6.09 Å². The molecule has 0 aliphatic carbocycles. The molecule has 1 fully saturated rings. The van der Waals surface area contributed by atoms with Gasteiger partial charge in [-0.1, -0.05) is 66.2 Å².